The van der Waals surface area contributed by atoms with Crippen molar-refractivity contribution in [1.82, 2.24) is 10.2 Å². The number of benzene rings is 1. The molecule has 0 aromatic heterocycles. The van der Waals surface area contributed by atoms with Crippen LogP contribution in [0.15, 0.2) is 30.3 Å². The summed E-state index contributed by atoms with van der Waals surface area (Å²) in [6.45, 7) is 5.02. The van der Waals surface area contributed by atoms with Crippen molar-refractivity contribution in [3.05, 3.63) is 35.9 Å². The van der Waals surface area contributed by atoms with Crippen LogP contribution in [0.5, 0.6) is 0 Å². The molecule has 21 heavy (non-hydrogen) atoms. The highest BCUT2D eigenvalue weighted by Gasteiger charge is 2.20. The van der Waals surface area contributed by atoms with E-state index in [1.165, 1.54) is 76.7 Å². The van der Waals surface area contributed by atoms with Crippen molar-refractivity contribution in [2.75, 3.05) is 26.2 Å². The van der Waals surface area contributed by atoms with Crippen molar-refractivity contribution in [1.29, 1.82) is 0 Å². The molecule has 1 heterocycles. The first kappa shape index (κ1) is 15.1. The average Bonchev–Trinajstić information content (AvgIpc) is 3.03. The van der Waals surface area contributed by atoms with E-state index in [2.05, 4.69) is 40.5 Å². The highest BCUT2D eigenvalue weighted by Crippen LogP contribution is 2.21. The average molecular weight is 286 g/mol. The maximum Gasteiger partial charge on any atom is 0.0107 e. The van der Waals surface area contributed by atoms with Crippen molar-refractivity contribution in [3.63, 3.8) is 0 Å². The molecule has 1 aromatic rings. The van der Waals surface area contributed by atoms with Gasteiger partial charge in [0.2, 0.25) is 0 Å². The van der Waals surface area contributed by atoms with Gasteiger partial charge in [0.25, 0.3) is 0 Å². The predicted molar refractivity (Wildman–Crippen MR) is 89.6 cm³/mol. The molecule has 0 unspecified atom stereocenters. The second kappa shape index (κ2) is 7.95. The van der Waals surface area contributed by atoms with Gasteiger partial charge in [-0.2, -0.15) is 0 Å². The summed E-state index contributed by atoms with van der Waals surface area (Å²) in [6, 6.07) is 11.8. The largest absolute Gasteiger partial charge is 0.313 e. The molecule has 0 radical (unpaired) electrons. The molecule has 2 nitrogen and oxygen atoms in total. The van der Waals surface area contributed by atoms with Gasteiger partial charge in [-0.25, -0.2) is 0 Å². The first-order valence-corrected chi connectivity index (χ1v) is 8.90. The van der Waals surface area contributed by atoms with Crippen molar-refractivity contribution in [2.24, 2.45) is 5.92 Å². The molecule has 0 amide bonds. The van der Waals surface area contributed by atoms with E-state index in [0.29, 0.717) is 0 Å². The third-order valence-electron chi connectivity index (χ3n) is 5.29. The topological polar surface area (TPSA) is 15.3 Å². The minimum atomic E-state index is 0.820. The first-order valence-electron chi connectivity index (χ1n) is 8.90. The molecular weight excluding hydrogens is 256 g/mol. The van der Waals surface area contributed by atoms with E-state index in [0.717, 1.165) is 12.0 Å². The Morgan fingerprint density at radius 3 is 2.38 bits per heavy atom. The van der Waals surface area contributed by atoms with Gasteiger partial charge in [0.05, 0.1) is 0 Å². The van der Waals surface area contributed by atoms with E-state index in [4.69, 9.17) is 0 Å². The van der Waals surface area contributed by atoms with Crippen LogP contribution in [0.4, 0.5) is 0 Å². The van der Waals surface area contributed by atoms with Gasteiger partial charge in [-0.3, -0.25) is 0 Å². The Hall–Kier alpha value is -0.860. The van der Waals surface area contributed by atoms with Gasteiger partial charge in [0, 0.05) is 19.1 Å². The lowest BCUT2D eigenvalue weighted by Crippen LogP contribution is -2.40. The van der Waals surface area contributed by atoms with Crippen LogP contribution < -0.4 is 5.32 Å². The van der Waals surface area contributed by atoms with E-state index in [9.17, 15) is 0 Å². The van der Waals surface area contributed by atoms with Crippen LogP contribution in [-0.2, 0) is 6.42 Å². The van der Waals surface area contributed by atoms with Crippen molar-refractivity contribution in [2.45, 2.75) is 51.0 Å². The molecule has 116 valence electrons. The predicted octanol–water partition coefficient (Wildman–Crippen LogP) is 3.47. The molecular formula is C19H30N2. The smallest absolute Gasteiger partial charge is 0.0107 e. The number of hydrogen-bond acceptors (Lipinski definition) is 2. The first-order chi connectivity index (χ1) is 10.4. The van der Waals surface area contributed by atoms with Gasteiger partial charge in [0.1, 0.15) is 0 Å². The van der Waals surface area contributed by atoms with E-state index < -0.39 is 0 Å². The molecule has 1 aliphatic carbocycles. The minimum Gasteiger partial charge on any atom is -0.313 e. The highest BCUT2D eigenvalue weighted by atomic mass is 15.1. The molecule has 2 aliphatic rings. The van der Waals surface area contributed by atoms with Crippen LogP contribution in [0, 0.1) is 5.92 Å². The summed E-state index contributed by atoms with van der Waals surface area (Å²) in [5.74, 6) is 0.895. The quantitative estimate of drug-likeness (QED) is 0.861. The van der Waals surface area contributed by atoms with Crippen LogP contribution in [0.1, 0.15) is 44.1 Å². The van der Waals surface area contributed by atoms with E-state index in [-0.39, 0.29) is 0 Å². The highest BCUT2D eigenvalue weighted by molar-refractivity contribution is 5.15. The fraction of sp³-hybridized carbons (Fsp3) is 0.684. The van der Waals surface area contributed by atoms with E-state index in [1.54, 1.807) is 0 Å². The zero-order valence-electron chi connectivity index (χ0n) is 13.3. The lowest BCUT2D eigenvalue weighted by atomic mass is 9.90. The van der Waals surface area contributed by atoms with E-state index >= 15 is 0 Å². The molecule has 2 heteroatoms. The van der Waals surface area contributed by atoms with Gasteiger partial charge in [-0.15, -0.1) is 0 Å². The Kier molecular flexibility index (Phi) is 5.70. The Bertz CT molecular complexity index is 389. The summed E-state index contributed by atoms with van der Waals surface area (Å²) in [5, 5.41) is 3.74. The van der Waals surface area contributed by atoms with Gasteiger partial charge in [-0.05, 0) is 56.7 Å². The molecule has 1 saturated carbocycles. The summed E-state index contributed by atoms with van der Waals surface area (Å²) in [6.07, 6.45) is 9.69. The fourth-order valence-corrected chi connectivity index (χ4v) is 3.92. The second-order valence-electron chi connectivity index (χ2n) is 6.91. The summed E-state index contributed by atoms with van der Waals surface area (Å²) in [5.41, 5.74) is 1.51. The maximum absolute atomic E-state index is 3.74. The number of likely N-dealkylation sites (tertiary alicyclic amines) is 1. The van der Waals surface area contributed by atoms with Gasteiger partial charge >= 0.3 is 0 Å². The maximum atomic E-state index is 3.74. The summed E-state index contributed by atoms with van der Waals surface area (Å²) in [7, 11) is 0. The second-order valence-corrected chi connectivity index (χ2v) is 6.91. The molecule has 0 atom stereocenters. The number of rotatable bonds is 6. The standard InChI is InChI=1S/C19H30N2/c1-2-6-17(7-3-1)16-18-10-13-21(14-11-18)15-12-20-19-8-4-5-9-19/h1-3,6-7,18-20H,4-5,8-16H2. The summed E-state index contributed by atoms with van der Waals surface area (Å²) < 4.78 is 0. The van der Waals surface area contributed by atoms with E-state index in [1.807, 2.05) is 0 Å². The Morgan fingerprint density at radius 1 is 0.952 bits per heavy atom. The van der Waals surface area contributed by atoms with Crippen LogP contribution in [0.2, 0.25) is 0 Å². The molecule has 1 aromatic carbocycles. The number of hydrogen-bond donors (Lipinski definition) is 1. The number of piperidine rings is 1. The Balaban J connectivity index is 1.31. The van der Waals surface area contributed by atoms with Crippen LogP contribution in [-0.4, -0.2) is 37.1 Å². The minimum absolute atomic E-state index is 0.820. The molecule has 1 aliphatic heterocycles. The van der Waals surface area contributed by atoms with Crippen molar-refractivity contribution in [3.8, 4) is 0 Å². The number of nitrogens with zero attached hydrogens (tertiary/aromatic N) is 1. The monoisotopic (exact) mass is 286 g/mol. The Labute approximate surface area is 129 Å². The van der Waals surface area contributed by atoms with Gasteiger partial charge in [0.15, 0.2) is 0 Å². The van der Waals surface area contributed by atoms with Crippen LogP contribution in [0.3, 0.4) is 0 Å². The third-order valence-corrected chi connectivity index (χ3v) is 5.29. The molecule has 1 N–H and O–H groups in total. The summed E-state index contributed by atoms with van der Waals surface area (Å²) >= 11 is 0. The third kappa shape index (κ3) is 4.82. The molecule has 0 bridgehead atoms. The van der Waals surface area contributed by atoms with Gasteiger partial charge in [-0.1, -0.05) is 43.2 Å². The molecule has 1 saturated heterocycles. The Morgan fingerprint density at radius 2 is 1.67 bits per heavy atom. The van der Waals surface area contributed by atoms with Crippen molar-refractivity contribution >= 4 is 0 Å². The zero-order valence-corrected chi connectivity index (χ0v) is 13.3. The molecule has 2 fully saturated rings. The van der Waals surface area contributed by atoms with Crippen molar-refractivity contribution < 1.29 is 0 Å². The summed E-state index contributed by atoms with van der Waals surface area (Å²) in [4.78, 5) is 2.66. The molecule has 0 spiro atoms. The SMILES string of the molecule is c1ccc(CC2CCN(CCNC3CCCC3)CC2)cc1. The number of nitrogens with one attached hydrogen (secondary N) is 1. The van der Waals surface area contributed by atoms with Crippen LogP contribution >= 0.6 is 0 Å². The fourth-order valence-electron chi connectivity index (χ4n) is 3.92. The lowest BCUT2D eigenvalue weighted by Gasteiger charge is -2.32. The lowest BCUT2D eigenvalue weighted by molar-refractivity contribution is 0.183. The van der Waals surface area contributed by atoms with Crippen LogP contribution in [0.25, 0.3) is 0 Å². The van der Waals surface area contributed by atoms with Gasteiger partial charge < -0.3 is 10.2 Å². The molecule has 3 rings (SSSR count). The normalized spacial score (nSPS) is 21.9. The zero-order chi connectivity index (χ0) is 14.3.